The second-order valence-corrected chi connectivity index (χ2v) is 5.15. The molecule has 5 heteroatoms. The van der Waals surface area contributed by atoms with Crippen LogP contribution in [0.1, 0.15) is 51.9 Å². The van der Waals surface area contributed by atoms with Gasteiger partial charge in [-0.1, -0.05) is 0 Å². The number of nitrogens with one attached hydrogen (secondary N) is 1. The van der Waals surface area contributed by atoms with Gasteiger partial charge in [0, 0.05) is 11.6 Å². The fourth-order valence-corrected chi connectivity index (χ4v) is 2.39. The van der Waals surface area contributed by atoms with Crippen molar-refractivity contribution < 1.29 is 18.4 Å². The van der Waals surface area contributed by atoms with Gasteiger partial charge in [-0.25, -0.2) is 4.79 Å². The van der Waals surface area contributed by atoms with Gasteiger partial charge in [0.1, 0.15) is 28.6 Å². The molecule has 2 heterocycles. The molecule has 0 bridgehead atoms. The smallest absolute Gasteiger partial charge is 0.341 e. The van der Waals surface area contributed by atoms with Crippen molar-refractivity contribution >= 4 is 5.97 Å². The Morgan fingerprint density at radius 1 is 1.24 bits per heavy atom. The first-order chi connectivity index (χ1) is 9.92. The molecule has 0 aliphatic heterocycles. The van der Waals surface area contributed by atoms with Gasteiger partial charge >= 0.3 is 5.97 Å². The fraction of sp³-hybridized carbons (Fsp3) is 0.438. The number of hydrogen-bond donors (Lipinski definition) is 1. The van der Waals surface area contributed by atoms with Crippen molar-refractivity contribution in [1.29, 1.82) is 0 Å². The molecule has 0 saturated carbocycles. The third kappa shape index (κ3) is 3.36. The highest BCUT2D eigenvalue weighted by Crippen LogP contribution is 2.22. The number of carbonyl (C=O) groups excluding carboxylic acids is 1. The number of ether oxygens (including phenoxy) is 1. The van der Waals surface area contributed by atoms with E-state index in [1.807, 2.05) is 19.9 Å². The maximum atomic E-state index is 11.5. The summed E-state index contributed by atoms with van der Waals surface area (Å²) in [4.78, 5) is 11.5. The molecular weight excluding hydrogens is 270 g/mol. The summed E-state index contributed by atoms with van der Waals surface area (Å²) < 4.78 is 15.8. The molecule has 0 radical (unpaired) electrons. The molecule has 114 valence electrons. The number of methoxy groups -OCH3 is 1. The lowest BCUT2D eigenvalue weighted by Crippen LogP contribution is -2.17. The van der Waals surface area contributed by atoms with E-state index < -0.39 is 0 Å². The number of esters is 1. The normalized spacial score (nSPS) is 12.4. The van der Waals surface area contributed by atoms with Crippen molar-refractivity contribution in [2.45, 2.75) is 40.3 Å². The molecule has 0 aliphatic rings. The Bertz CT molecular complexity index is 639. The Balaban J connectivity index is 2.03. The standard InChI is InChI=1S/C16H21NO4/c1-9-6-14(11(3)20-9)10(2)17-8-13-7-15(12(4)21-13)16(18)19-5/h6-7,10,17H,8H2,1-5H3. The minimum Gasteiger partial charge on any atom is -0.466 e. The van der Waals surface area contributed by atoms with Crippen LogP contribution in [0.15, 0.2) is 21.0 Å². The number of carbonyl (C=O) groups is 1. The summed E-state index contributed by atoms with van der Waals surface area (Å²) in [5, 5.41) is 3.36. The minimum absolute atomic E-state index is 0.134. The maximum absolute atomic E-state index is 11.5. The quantitative estimate of drug-likeness (QED) is 0.855. The molecule has 5 nitrogen and oxygen atoms in total. The van der Waals surface area contributed by atoms with E-state index in [1.54, 1.807) is 13.0 Å². The van der Waals surface area contributed by atoms with Gasteiger partial charge in [-0.3, -0.25) is 0 Å². The molecule has 21 heavy (non-hydrogen) atoms. The molecule has 0 saturated heterocycles. The minimum atomic E-state index is -0.378. The topological polar surface area (TPSA) is 64.6 Å². The summed E-state index contributed by atoms with van der Waals surface area (Å²) in [5.74, 6) is 2.72. The van der Waals surface area contributed by atoms with E-state index in [1.165, 1.54) is 7.11 Å². The average Bonchev–Trinajstić information content (AvgIpc) is 2.97. The summed E-state index contributed by atoms with van der Waals surface area (Å²) in [6.45, 7) is 8.23. The zero-order valence-corrected chi connectivity index (χ0v) is 13.1. The summed E-state index contributed by atoms with van der Waals surface area (Å²) >= 11 is 0. The Kier molecular flexibility index (Phi) is 4.53. The first-order valence-electron chi connectivity index (χ1n) is 6.90. The summed E-state index contributed by atoms with van der Waals surface area (Å²) in [6, 6.07) is 3.88. The number of furan rings is 2. The lowest BCUT2D eigenvalue weighted by Gasteiger charge is -2.11. The number of rotatable bonds is 5. The van der Waals surface area contributed by atoms with Gasteiger partial charge < -0.3 is 18.9 Å². The van der Waals surface area contributed by atoms with Crippen LogP contribution in [0.25, 0.3) is 0 Å². The Morgan fingerprint density at radius 2 is 1.95 bits per heavy atom. The predicted octanol–water partition coefficient (Wildman–Crippen LogP) is 3.44. The molecule has 2 aromatic rings. The van der Waals surface area contributed by atoms with Crippen molar-refractivity contribution in [1.82, 2.24) is 5.32 Å². The third-order valence-electron chi connectivity index (χ3n) is 3.50. The highest BCUT2D eigenvalue weighted by molar-refractivity contribution is 5.90. The Morgan fingerprint density at radius 3 is 2.52 bits per heavy atom. The lowest BCUT2D eigenvalue weighted by molar-refractivity contribution is 0.0599. The zero-order chi connectivity index (χ0) is 15.6. The molecule has 0 aliphatic carbocycles. The summed E-state index contributed by atoms with van der Waals surface area (Å²) in [5.41, 5.74) is 1.60. The largest absolute Gasteiger partial charge is 0.466 e. The fourth-order valence-electron chi connectivity index (χ4n) is 2.39. The van der Waals surface area contributed by atoms with E-state index in [0.29, 0.717) is 23.6 Å². The van der Waals surface area contributed by atoms with Crippen LogP contribution in [0, 0.1) is 20.8 Å². The predicted molar refractivity (Wildman–Crippen MR) is 78.2 cm³/mol. The Hall–Kier alpha value is -2.01. The monoisotopic (exact) mass is 291 g/mol. The van der Waals surface area contributed by atoms with E-state index in [4.69, 9.17) is 13.6 Å². The maximum Gasteiger partial charge on any atom is 0.341 e. The van der Waals surface area contributed by atoms with Crippen molar-refractivity contribution in [2.24, 2.45) is 0 Å². The van der Waals surface area contributed by atoms with Gasteiger partial charge in [0.25, 0.3) is 0 Å². The van der Waals surface area contributed by atoms with Crippen molar-refractivity contribution in [3.8, 4) is 0 Å². The van der Waals surface area contributed by atoms with Gasteiger partial charge in [-0.05, 0) is 39.8 Å². The first-order valence-corrected chi connectivity index (χ1v) is 6.90. The second kappa shape index (κ2) is 6.18. The molecule has 0 aromatic carbocycles. The molecule has 0 fully saturated rings. The zero-order valence-electron chi connectivity index (χ0n) is 13.1. The van der Waals surface area contributed by atoms with Crippen LogP contribution in [0.4, 0.5) is 0 Å². The molecule has 0 spiro atoms. The molecule has 2 aromatic heterocycles. The van der Waals surface area contributed by atoms with Crippen LogP contribution < -0.4 is 5.32 Å². The van der Waals surface area contributed by atoms with Crippen LogP contribution in [0.2, 0.25) is 0 Å². The van der Waals surface area contributed by atoms with Crippen molar-refractivity contribution in [3.05, 3.63) is 46.3 Å². The number of hydrogen-bond acceptors (Lipinski definition) is 5. The van der Waals surface area contributed by atoms with Gasteiger partial charge in [0.2, 0.25) is 0 Å². The highest BCUT2D eigenvalue weighted by Gasteiger charge is 2.17. The van der Waals surface area contributed by atoms with Crippen LogP contribution in [-0.2, 0) is 11.3 Å². The SMILES string of the molecule is COC(=O)c1cc(CNC(C)c2cc(C)oc2C)oc1C. The first kappa shape index (κ1) is 15.4. The van der Waals surface area contributed by atoms with Crippen LogP contribution >= 0.6 is 0 Å². The van der Waals surface area contributed by atoms with Gasteiger partial charge in [-0.15, -0.1) is 0 Å². The van der Waals surface area contributed by atoms with Crippen molar-refractivity contribution in [3.63, 3.8) is 0 Å². The molecule has 2 rings (SSSR count). The Labute approximate surface area is 124 Å². The average molecular weight is 291 g/mol. The summed E-state index contributed by atoms with van der Waals surface area (Å²) in [7, 11) is 1.36. The van der Waals surface area contributed by atoms with Gasteiger partial charge in [0.05, 0.1) is 13.7 Å². The second-order valence-electron chi connectivity index (χ2n) is 5.15. The van der Waals surface area contributed by atoms with Gasteiger partial charge in [-0.2, -0.15) is 0 Å². The molecule has 1 unspecified atom stereocenters. The van der Waals surface area contributed by atoms with Crippen LogP contribution in [0.3, 0.4) is 0 Å². The van der Waals surface area contributed by atoms with Crippen LogP contribution in [0.5, 0.6) is 0 Å². The van der Waals surface area contributed by atoms with E-state index in [-0.39, 0.29) is 12.0 Å². The number of aryl methyl sites for hydroxylation is 3. The van der Waals surface area contributed by atoms with E-state index in [0.717, 1.165) is 17.1 Å². The lowest BCUT2D eigenvalue weighted by atomic mass is 10.1. The van der Waals surface area contributed by atoms with Crippen LogP contribution in [-0.4, -0.2) is 13.1 Å². The molecule has 1 N–H and O–H groups in total. The third-order valence-corrected chi connectivity index (χ3v) is 3.50. The highest BCUT2D eigenvalue weighted by atomic mass is 16.5. The van der Waals surface area contributed by atoms with Crippen molar-refractivity contribution in [2.75, 3.05) is 7.11 Å². The molecule has 0 amide bonds. The van der Waals surface area contributed by atoms with E-state index in [9.17, 15) is 4.79 Å². The van der Waals surface area contributed by atoms with E-state index >= 15 is 0 Å². The van der Waals surface area contributed by atoms with E-state index in [2.05, 4.69) is 12.2 Å². The molecular formula is C16H21NO4. The summed E-state index contributed by atoms with van der Waals surface area (Å²) in [6.07, 6.45) is 0. The molecule has 1 atom stereocenters. The van der Waals surface area contributed by atoms with Gasteiger partial charge in [0.15, 0.2) is 0 Å².